The number of aliphatic hydroxyl groups is 1. The average molecular weight is 272 g/mol. The first kappa shape index (κ1) is 18.4. The number of hydrogen-bond donors (Lipinski definition) is 3. The molecule has 0 saturated carbocycles. The highest BCUT2D eigenvalue weighted by Gasteiger charge is 2.14. The van der Waals surface area contributed by atoms with Crippen LogP contribution in [0.3, 0.4) is 0 Å². The molecule has 0 radical (unpaired) electrons. The predicted octanol–water partition coefficient (Wildman–Crippen LogP) is 2.06. The second-order valence-electron chi connectivity index (χ2n) is 5.61. The van der Waals surface area contributed by atoms with Gasteiger partial charge in [-0.1, -0.05) is 26.7 Å². The Morgan fingerprint density at radius 2 is 1.84 bits per heavy atom. The molecule has 0 saturated heterocycles. The number of carbonyl (C=O) groups excluding carboxylic acids is 1. The minimum Gasteiger partial charge on any atom is -0.396 e. The lowest BCUT2D eigenvalue weighted by atomic mass is 9.88. The number of carbonyl (C=O) groups is 1. The van der Waals surface area contributed by atoms with Crippen molar-refractivity contribution in [3.05, 3.63) is 0 Å². The number of amides is 1. The van der Waals surface area contributed by atoms with Gasteiger partial charge in [0.1, 0.15) is 0 Å². The number of rotatable bonds is 12. The molecule has 4 heteroatoms. The van der Waals surface area contributed by atoms with Crippen LogP contribution in [0, 0.1) is 11.8 Å². The Hall–Kier alpha value is -0.610. The van der Waals surface area contributed by atoms with E-state index in [1.165, 1.54) is 0 Å². The van der Waals surface area contributed by atoms with Gasteiger partial charge >= 0.3 is 0 Å². The largest absolute Gasteiger partial charge is 0.396 e. The third-order valence-electron chi connectivity index (χ3n) is 3.63. The van der Waals surface area contributed by atoms with Gasteiger partial charge in [0.15, 0.2) is 0 Å². The first-order valence-corrected chi connectivity index (χ1v) is 7.69. The summed E-state index contributed by atoms with van der Waals surface area (Å²) in [5.74, 6) is 1.31. The highest BCUT2D eigenvalue weighted by Crippen LogP contribution is 2.20. The van der Waals surface area contributed by atoms with Gasteiger partial charge in [-0.05, 0) is 44.1 Å². The summed E-state index contributed by atoms with van der Waals surface area (Å²) >= 11 is 0. The van der Waals surface area contributed by atoms with E-state index in [2.05, 4.69) is 19.2 Å². The number of nitrogens with one attached hydrogen (secondary N) is 1. The van der Waals surface area contributed by atoms with E-state index >= 15 is 0 Å². The van der Waals surface area contributed by atoms with Crippen LogP contribution < -0.4 is 11.1 Å². The SMILES string of the molecule is CC(C)C(CCN)CCC(=O)NCCCCCCO. The molecular weight excluding hydrogens is 240 g/mol. The molecule has 1 amide bonds. The molecule has 4 N–H and O–H groups in total. The van der Waals surface area contributed by atoms with Crippen molar-refractivity contribution in [2.45, 2.75) is 58.8 Å². The van der Waals surface area contributed by atoms with Gasteiger partial charge in [0.05, 0.1) is 0 Å². The number of aliphatic hydroxyl groups excluding tert-OH is 1. The lowest BCUT2D eigenvalue weighted by molar-refractivity contribution is -0.121. The van der Waals surface area contributed by atoms with Crippen LogP contribution in [0.1, 0.15) is 58.8 Å². The molecule has 1 unspecified atom stereocenters. The van der Waals surface area contributed by atoms with E-state index in [0.29, 0.717) is 24.8 Å². The van der Waals surface area contributed by atoms with Gasteiger partial charge in [-0.2, -0.15) is 0 Å². The van der Waals surface area contributed by atoms with Crippen LogP contribution in [0.2, 0.25) is 0 Å². The van der Waals surface area contributed by atoms with Crippen LogP contribution in [0.25, 0.3) is 0 Å². The van der Waals surface area contributed by atoms with E-state index < -0.39 is 0 Å². The van der Waals surface area contributed by atoms with Crippen LogP contribution in [0.4, 0.5) is 0 Å². The Balaban J connectivity index is 3.57. The second-order valence-corrected chi connectivity index (χ2v) is 5.61. The van der Waals surface area contributed by atoms with E-state index in [0.717, 1.165) is 45.1 Å². The molecule has 0 bridgehead atoms. The Bertz CT molecular complexity index is 220. The first-order valence-electron chi connectivity index (χ1n) is 7.69. The lowest BCUT2D eigenvalue weighted by Crippen LogP contribution is -2.25. The molecular formula is C15H32N2O2. The summed E-state index contributed by atoms with van der Waals surface area (Å²) in [7, 11) is 0. The van der Waals surface area contributed by atoms with Crippen molar-refractivity contribution in [1.29, 1.82) is 0 Å². The molecule has 0 aliphatic carbocycles. The molecule has 0 aromatic carbocycles. The van der Waals surface area contributed by atoms with E-state index in [1.807, 2.05) is 0 Å². The summed E-state index contributed by atoms with van der Waals surface area (Å²) in [6, 6.07) is 0. The topological polar surface area (TPSA) is 75.4 Å². The third kappa shape index (κ3) is 11.0. The van der Waals surface area contributed by atoms with Crippen LogP contribution in [-0.2, 0) is 4.79 Å². The zero-order valence-electron chi connectivity index (χ0n) is 12.7. The Kier molecular flexibility index (Phi) is 12.0. The zero-order chi connectivity index (χ0) is 14.5. The molecule has 114 valence electrons. The maximum atomic E-state index is 11.7. The molecule has 0 heterocycles. The van der Waals surface area contributed by atoms with E-state index in [-0.39, 0.29) is 12.5 Å². The molecule has 0 aromatic heterocycles. The molecule has 1 atom stereocenters. The van der Waals surface area contributed by atoms with Crippen molar-refractivity contribution in [3.8, 4) is 0 Å². The Labute approximate surface area is 118 Å². The average Bonchev–Trinajstić information content (AvgIpc) is 2.38. The second kappa shape index (κ2) is 12.4. The number of hydrogen-bond acceptors (Lipinski definition) is 3. The van der Waals surface area contributed by atoms with Crippen LogP contribution in [0.15, 0.2) is 0 Å². The molecule has 0 aliphatic rings. The van der Waals surface area contributed by atoms with Gasteiger partial charge in [-0.25, -0.2) is 0 Å². The summed E-state index contributed by atoms with van der Waals surface area (Å²) in [6.45, 7) is 6.12. The standard InChI is InChI=1S/C15H32N2O2/c1-13(2)14(9-10-16)7-8-15(19)17-11-5-3-4-6-12-18/h13-14,18H,3-12,16H2,1-2H3,(H,17,19). The first-order chi connectivity index (χ1) is 9.11. The minimum atomic E-state index is 0.157. The number of nitrogens with two attached hydrogens (primary N) is 1. The van der Waals surface area contributed by atoms with Crippen molar-refractivity contribution >= 4 is 5.91 Å². The maximum Gasteiger partial charge on any atom is 0.220 e. The molecule has 0 spiro atoms. The molecule has 0 aliphatic heterocycles. The van der Waals surface area contributed by atoms with Crippen molar-refractivity contribution in [2.75, 3.05) is 19.7 Å². The monoisotopic (exact) mass is 272 g/mol. The van der Waals surface area contributed by atoms with Crippen LogP contribution >= 0.6 is 0 Å². The molecule has 0 aromatic rings. The van der Waals surface area contributed by atoms with Crippen molar-refractivity contribution in [2.24, 2.45) is 17.6 Å². The van der Waals surface area contributed by atoms with Crippen molar-refractivity contribution in [3.63, 3.8) is 0 Å². The Morgan fingerprint density at radius 3 is 2.42 bits per heavy atom. The smallest absolute Gasteiger partial charge is 0.220 e. The van der Waals surface area contributed by atoms with Gasteiger partial charge in [-0.3, -0.25) is 4.79 Å². The summed E-state index contributed by atoms with van der Waals surface area (Å²) < 4.78 is 0. The molecule has 0 rings (SSSR count). The van der Waals surface area contributed by atoms with E-state index in [9.17, 15) is 4.79 Å². The summed E-state index contributed by atoms with van der Waals surface area (Å²) in [5, 5.41) is 11.6. The fourth-order valence-electron chi connectivity index (χ4n) is 2.25. The van der Waals surface area contributed by atoms with Gasteiger partial charge < -0.3 is 16.2 Å². The van der Waals surface area contributed by atoms with Crippen molar-refractivity contribution in [1.82, 2.24) is 5.32 Å². The van der Waals surface area contributed by atoms with E-state index in [1.54, 1.807) is 0 Å². The zero-order valence-corrected chi connectivity index (χ0v) is 12.7. The highest BCUT2D eigenvalue weighted by atomic mass is 16.2. The fraction of sp³-hybridized carbons (Fsp3) is 0.933. The molecule has 0 fully saturated rings. The van der Waals surface area contributed by atoms with Crippen LogP contribution in [0.5, 0.6) is 0 Å². The van der Waals surface area contributed by atoms with E-state index in [4.69, 9.17) is 10.8 Å². The summed E-state index contributed by atoms with van der Waals surface area (Å²) in [4.78, 5) is 11.7. The minimum absolute atomic E-state index is 0.157. The van der Waals surface area contributed by atoms with Gasteiger partial charge in [0, 0.05) is 19.6 Å². The lowest BCUT2D eigenvalue weighted by Gasteiger charge is -2.19. The van der Waals surface area contributed by atoms with Gasteiger partial charge in [0.2, 0.25) is 5.91 Å². The fourth-order valence-corrected chi connectivity index (χ4v) is 2.25. The summed E-state index contributed by atoms with van der Waals surface area (Å²) in [5.41, 5.74) is 5.59. The van der Waals surface area contributed by atoms with Gasteiger partial charge in [0.25, 0.3) is 0 Å². The summed E-state index contributed by atoms with van der Waals surface area (Å²) in [6.07, 6.45) is 6.53. The van der Waals surface area contributed by atoms with Crippen LogP contribution in [-0.4, -0.2) is 30.7 Å². The molecule has 4 nitrogen and oxygen atoms in total. The highest BCUT2D eigenvalue weighted by molar-refractivity contribution is 5.75. The maximum absolute atomic E-state index is 11.7. The van der Waals surface area contributed by atoms with Gasteiger partial charge in [-0.15, -0.1) is 0 Å². The quantitative estimate of drug-likeness (QED) is 0.476. The Morgan fingerprint density at radius 1 is 1.16 bits per heavy atom. The molecule has 19 heavy (non-hydrogen) atoms. The number of unbranched alkanes of at least 4 members (excludes halogenated alkanes) is 3. The predicted molar refractivity (Wildman–Crippen MR) is 79.8 cm³/mol. The van der Waals surface area contributed by atoms with Crippen molar-refractivity contribution < 1.29 is 9.90 Å². The third-order valence-corrected chi connectivity index (χ3v) is 3.63. The normalized spacial score (nSPS) is 12.7.